The van der Waals surface area contributed by atoms with Crippen LogP contribution in [0, 0.1) is 0 Å². The van der Waals surface area contributed by atoms with Crippen LogP contribution in [-0.4, -0.2) is 45.0 Å². The molecule has 2 N–H and O–H groups in total. The first-order chi connectivity index (χ1) is 14.3. The maximum atomic E-state index is 12.5. The molecule has 10 heteroatoms. The number of carbonyl (C=O) groups excluding carboxylic acids is 2. The normalized spacial score (nSPS) is 20.6. The first-order valence-corrected chi connectivity index (χ1v) is 10.8. The Balaban J connectivity index is 1.43. The van der Waals surface area contributed by atoms with Gasteiger partial charge in [0.25, 0.3) is 5.91 Å². The summed E-state index contributed by atoms with van der Waals surface area (Å²) in [5, 5.41) is 12.5. The zero-order chi connectivity index (χ0) is 21.6. The van der Waals surface area contributed by atoms with Crippen LogP contribution >= 0.6 is 35.0 Å². The van der Waals surface area contributed by atoms with E-state index in [1.165, 1.54) is 16.7 Å². The standard InChI is InChI=1S/C20H16Cl2N2O5S/c1-9-8-30-19-16(18(26)24(19)17(9)20(27)28)23-14(25)7-10-5-6-13(29-10)15-11(21)3-2-4-12(15)22/h2-6,16,19H,7-8H2,1H3,(H,23,25)(H,27,28)/t16-,19-/m1/s1. The van der Waals surface area contributed by atoms with Crippen molar-refractivity contribution in [3.63, 3.8) is 0 Å². The Labute approximate surface area is 186 Å². The third kappa shape index (κ3) is 3.59. The Morgan fingerprint density at radius 2 is 1.97 bits per heavy atom. The van der Waals surface area contributed by atoms with Gasteiger partial charge in [0, 0.05) is 5.75 Å². The molecule has 2 atom stereocenters. The van der Waals surface area contributed by atoms with Crippen molar-refractivity contribution in [2.75, 3.05) is 5.75 Å². The van der Waals surface area contributed by atoms with Crippen molar-refractivity contribution >= 4 is 52.7 Å². The fraction of sp³-hybridized carbons (Fsp3) is 0.250. The van der Waals surface area contributed by atoms with Gasteiger partial charge in [-0.25, -0.2) is 4.79 Å². The van der Waals surface area contributed by atoms with Crippen LogP contribution in [0.3, 0.4) is 0 Å². The number of β-lactam (4-membered cyclic amide) rings is 1. The number of thioether (sulfide) groups is 1. The molecule has 0 radical (unpaired) electrons. The number of amides is 2. The second-order valence-electron chi connectivity index (χ2n) is 6.93. The summed E-state index contributed by atoms with van der Waals surface area (Å²) in [7, 11) is 0. The van der Waals surface area contributed by atoms with E-state index in [1.54, 1.807) is 37.3 Å². The lowest BCUT2D eigenvalue weighted by Gasteiger charge is -2.49. The van der Waals surface area contributed by atoms with Crippen LogP contribution in [0.4, 0.5) is 0 Å². The number of hydrogen-bond acceptors (Lipinski definition) is 5. The third-order valence-electron chi connectivity index (χ3n) is 4.88. The second kappa shape index (κ2) is 8.02. The van der Waals surface area contributed by atoms with Crippen molar-refractivity contribution in [1.29, 1.82) is 0 Å². The monoisotopic (exact) mass is 466 g/mol. The molecule has 0 saturated carbocycles. The molecule has 156 valence electrons. The Hall–Kier alpha value is -2.42. The molecule has 30 heavy (non-hydrogen) atoms. The molecule has 0 unspecified atom stereocenters. The summed E-state index contributed by atoms with van der Waals surface area (Å²) < 4.78 is 5.72. The maximum Gasteiger partial charge on any atom is 0.352 e. The van der Waals surface area contributed by atoms with E-state index in [1.807, 2.05) is 0 Å². The molecule has 1 saturated heterocycles. The lowest BCUT2D eigenvalue weighted by atomic mass is 10.0. The van der Waals surface area contributed by atoms with Gasteiger partial charge in [0.1, 0.15) is 28.6 Å². The number of fused-ring (bicyclic) bond motifs is 1. The average Bonchev–Trinajstić information content (AvgIpc) is 3.13. The van der Waals surface area contributed by atoms with Crippen LogP contribution in [-0.2, 0) is 20.8 Å². The molecule has 3 heterocycles. The maximum absolute atomic E-state index is 12.5. The minimum Gasteiger partial charge on any atom is -0.477 e. The summed E-state index contributed by atoms with van der Waals surface area (Å²) >= 11 is 13.8. The minimum atomic E-state index is -1.14. The lowest BCUT2D eigenvalue weighted by Crippen LogP contribution is -2.70. The predicted octanol–water partition coefficient (Wildman–Crippen LogP) is 3.55. The number of hydrogen-bond donors (Lipinski definition) is 2. The summed E-state index contributed by atoms with van der Waals surface area (Å²) in [5.74, 6) is -0.655. The molecule has 2 aromatic rings. The molecule has 7 nitrogen and oxygen atoms in total. The Morgan fingerprint density at radius 1 is 1.27 bits per heavy atom. The summed E-state index contributed by atoms with van der Waals surface area (Å²) in [6, 6.07) is 7.66. The van der Waals surface area contributed by atoms with E-state index in [2.05, 4.69) is 5.32 Å². The number of nitrogens with zero attached hydrogens (tertiary/aromatic N) is 1. The van der Waals surface area contributed by atoms with E-state index >= 15 is 0 Å². The first kappa shape index (κ1) is 20.8. The quantitative estimate of drug-likeness (QED) is 0.653. The molecule has 4 rings (SSSR count). The van der Waals surface area contributed by atoms with Crippen LogP contribution in [0.2, 0.25) is 10.0 Å². The highest BCUT2D eigenvalue weighted by Gasteiger charge is 2.53. The van der Waals surface area contributed by atoms with E-state index in [4.69, 9.17) is 27.6 Å². The zero-order valence-corrected chi connectivity index (χ0v) is 18.0. The van der Waals surface area contributed by atoms with E-state index in [-0.39, 0.29) is 12.1 Å². The SMILES string of the molecule is CC1=C(C(=O)O)N2C(=O)[C@@H](NC(=O)Cc3ccc(-c4c(Cl)cccc4Cl)o3)[C@H]2SC1. The van der Waals surface area contributed by atoms with Crippen LogP contribution in [0.15, 0.2) is 46.0 Å². The van der Waals surface area contributed by atoms with Crippen molar-refractivity contribution in [3.8, 4) is 11.3 Å². The molecule has 2 aliphatic heterocycles. The van der Waals surface area contributed by atoms with Crippen molar-refractivity contribution in [2.24, 2.45) is 0 Å². The highest BCUT2D eigenvalue weighted by Crippen LogP contribution is 2.40. The number of nitrogens with one attached hydrogen (secondary N) is 1. The summed E-state index contributed by atoms with van der Waals surface area (Å²) in [5.41, 5.74) is 1.17. The first-order valence-electron chi connectivity index (χ1n) is 8.98. The minimum absolute atomic E-state index is 0.00143. The number of carboxylic acids is 1. The van der Waals surface area contributed by atoms with E-state index < -0.39 is 29.2 Å². The van der Waals surface area contributed by atoms with Gasteiger partial charge in [-0.15, -0.1) is 11.8 Å². The average molecular weight is 467 g/mol. The fourth-order valence-corrected chi connectivity index (χ4v) is 5.38. The zero-order valence-electron chi connectivity index (χ0n) is 15.6. The molecule has 0 aliphatic carbocycles. The summed E-state index contributed by atoms with van der Waals surface area (Å²) in [6.45, 7) is 1.69. The van der Waals surface area contributed by atoms with Crippen molar-refractivity contribution in [1.82, 2.24) is 10.2 Å². The summed E-state index contributed by atoms with van der Waals surface area (Å²) in [6.07, 6.45) is -0.0795. The molecule has 2 aliphatic rings. The molecule has 2 amide bonds. The molecule has 1 fully saturated rings. The molecule has 1 aromatic heterocycles. The molecular weight excluding hydrogens is 451 g/mol. The van der Waals surface area contributed by atoms with Gasteiger partial charge >= 0.3 is 5.97 Å². The van der Waals surface area contributed by atoms with E-state index in [0.29, 0.717) is 38.5 Å². The van der Waals surface area contributed by atoms with Gasteiger partial charge in [-0.3, -0.25) is 14.5 Å². The van der Waals surface area contributed by atoms with Gasteiger partial charge in [-0.05, 0) is 36.8 Å². The van der Waals surface area contributed by atoms with Gasteiger partial charge in [0.15, 0.2) is 0 Å². The summed E-state index contributed by atoms with van der Waals surface area (Å²) in [4.78, 5) is 37.6. The van der Waals surface area contributed by atoms with Gasteiger partial charge in [-0.2, -0.15) is 0 Å². The molecule has 0 bridgehead atoms. The number of benzene rings is 1. The Morgan fingerprint density at radius 3 is 2.63 bits per heavy atom. The Kier molecular flexibility index (Phi) is 5.57. The van der Waals surface area contributed by atoms with Crippen molar-refractivity contribution in [3.05, 3.63) is 57.4 Å². The largest absolute Gasteiger partial charge is 0.477 e. The van der Waals surface area contributed by atoms with Crippen LogP contribution in [0.5, 0.6) is 0 Å². The highest BCUT2D eigenvalue weighted by atomic mass is 35.5. The van der Waals surface area contributed by atoms with E-state index in [0.717, 1.165) is 0 Å². The molecule has 1 aromatic carbocycles. The smallest absolute Gasteiger partial charge is 0.352 e. The van der Waals surface area contributed by atoms with Crippen molar-refractivity contribution in [2.45, 2.75) is 24.8 Å². The molecule has 0 spiro atoms. The highest BCUT2D eigenvalue weighted by molar-refractivity contribution is 8.00. The van der Waals surface area contributed by atoms with Crippen LogP contribution < -0.4 is 5.32 Å². The number of furan rings is 1. The van der Waals surface area contributed by atoms with Gasteiger partial charge in [-0.1, -0.05) is 29.3 Å². The van der Waals surface area contributed by atoms with E-state index in [9.17, 15) is 19.5 Å². The van der Waals surface area contributed by atoms with Crippen molar-refractivity contribution < 1.29 is 23.9 Å². The number of carbonyl (C=O) groups is 3. The lowest BCUT2D eigenvalue weighted by molar-refractivity contribution is -0.150. The Bertz CT molecular complexity index is 1080. The number of rotatable bonds is 5. The van der Waals surface area contributed by atoms with Gasteiger partial charge in [0.05, 0.1) is 22.0 Å². The van der Waals surface area contributed by atoms with Gasteiger partial charge < -0.3 is 14.8 Å². The fourth-order valence-electron chi connectivity index (χ4n) is 3.50. The molecular formula is C20H16Cl2N2O5S. The van der Waals surface area contributed by atoms with Crippen LogP contribution in [0.25, 0.3) is 11.3 Å². The second-order valence-corrected chi connectivity index (χ2v) is 8.85. The van der Waals surface area contributed by atoms with Gasteiger partial charge in [0.2, 0.25) is 5.91 Å². The predicted molar refractivity (Wildman–Crippen MR) is 113 cm³/mol. The topological polar surface area (TPSA) is 99.9 Å². The number of aliphatic carboxylic acids is 1. The third-order valence-corrected chi connectivity index (χ3v) is 6.94. The number of carboxylic acid groups (broad SMARTS) is 1. The van der Waals surface area contributed by atoms with Crippen LogP contribution in [0.1, 0.15) is 12.7 Å². The number of halogens is 2.